The van der Waals surface area contributed by atoms with Gasteiger partial charge in [0, 0.05) is 12.2 Å². The molecule has 1 aromatic carbocycles. The zero-order valence-electron chi connectivity index (χ0n) is 17.6. The van der Waals surface area contributed by atoms with Gasteiger partial charge in [0.1, 0.15) is 11.6 Å². The van der Waals surface area contributed by atoms with Crippen molar-refractivity contribution in [3.05, 3.63) is 29.8 Å². The van der Waals surface area contributed by atoms with Crippen molar-refractivity contribution in [2.24, 2.45) is 0 Å². The molecule has 0 aromatic heterocycles. The van der Waals surface area contributed by atoms with Gasteiger partial charge < -0.3 is 15.0 Å². The van der Waals surface area contributed by atoms with E-state index in [2.05, 4.69) is 16.2 Å². The Kier molecular flexibility index (Phi) is 8.10. The van der Waals surface area contributed by atoms with Gasteiger partial charge in [0.2, 0.25) is 5.91 Å². The molecule has 30 heavy (non-hydrogen) atoms. The Labute approximate surface area is 180 Å². The molecule has 1 atom stereocenters. The fourth-order valence-corrected chi connectivity index (χ4v) is 3.34. The highest BCUT2D eigenvalue weighted by atomic mass is 32.2. The van der Waals surface area contributed by atoms with Crippen LogP contribution in [0, 0.1) is 0 Å². The smallest absolute Gasteiger partial charge is 0.408 e. The quantitative estimate of drug-likeness (QED) is 0.624. The van der Waals surface area contributed by atoms with Crippen molar-refractivity contribution >= 4 is 40.6 Å². The van der Waals surface area contributed by atoms with Crippen molar-refractivity contribution in [1.82, 2.24) is 16.2 Å². The van der Waals surface area contributed by atoms with Crippen molar-refractivity contribution in [3.63, 3.8) is 0 Å². The van der Waals surface area contributed by atoms with E-state index in [1.165, 1.54) is 6.92 Å². The number of thioether (sulfide) groups is 1. The molecule has 0 saturated heterocycles. The van der Waals surface area contributed by atoms with Crippen LogP contribution in [0.25, 0.3) is 0 Å². The summed E-state index contributed by atoms with van der Waals surface area (Å²) >= 11 is 0.760. The second-order valence-corrected chi connectivity index (χ2v) is 8.78. The van der Waals surface area contributed by atoms with Crippen molar-refractivity contribution in [3.8, 4) is 0 Å². The van der Waals surface area contributed by atoms with E-state index in [-0.39, 0.29) is 11.7 Å². The number of nitrogens with one attached hydrogen (secondary N) is 3. The molecule has 2 rings (SSSR count). The van der Waals surface area contributed by atoms with Crippen molar-refractivity contribution in [2.75, 3.05) is 17.2 Å². The Morgan fingerprint density at radius 3 is 2.57 bits per heavy atom. The molecule has 0 aliphatic carbocycles. The van der Waals surface area contributed by atoms with Crippen LogP contribution in [-0.4, -0.2) is 47.1 Å². The van der Waals surface area contributed by atoms with E-state index >= 15 is 0 Å². The van der Waals surface area contributed by atoms with Crippen molar-refractivity contribution < 1.29 is 23.9 Å². The van der Waals surface area contributed by atoms with Gasteiger partial charge in [0.05, 0.1) is 5.75 Å². The summed E-state index contributed by atoms with van der Waals surface area (Å²) in [5.74, 6) is -0.846. The van der Waals surface area contributed by atoms with Crippen LogP contribution in [0.2, 0.25) is 0 Å². The molecule has 10 heteroatoms. The molecule has 0 spiro atoms. The van der Waals surface area contributed by atoms with Gasteiger partial charge in [-0.1, -0.05) is 30.0 Å². The normalized spacial score (nSPS) is 14.2. The summed E-state index contributed by atoms with van der Waals surface area (Å²) in [6, 6.07) is 6.80. The number of anilines is 1. The summed E-state index contributed by atoms with van der Waals surface area (Å²) < 4.78 is 5.07. The van der Waals surface area contributed by atoms with Crippen LogP contribution in [-0.2, 0) is 20.7 Å². The molecule has 1 aliphatic heterocycles. The number of para-hydroxylation sites is 1. The Morgan fingerprint density at radius 1 is 1.17 bits per heavy atom. The molecular weight excluding hydrogens is 408 g/mol. The van der Waals surface area contributed by atoms with E-state index < -0.39 is 28.9 Å². The first kappa shape index (κ1) is 23.5. The van der Waals surface area contributed by atoms with E-state index in [1.807, 2.05) is 24.3 Å². The molecule has 1 aliphatic rings. The first-order valence-electron chi connectivity index (χ1n) is 9.67. The Bertz CT molecular complexity index is 809. The standard InChI is InChI=1S/C20H28N4O5S/c1-13(21-18(27)29-20(2,3)4)17(26)22-23-19(28)30-12-16(25)24-11-7-9-14-8-5-6-10-15(14)24/h5-6,8,10,13H,7,9,11-12H2,1-4H3,(H,21,27)(H,22,26)(H,23,28)/t13-/m1/s1. The summed E-state index contributed by atoms with van der Waals surface area (Å²) in [5.41, 5.74) is 5.75. The van der Waals surface area contributed by atoms with Crippen LogP contribution in [0.3, 0.4) is 0 Å². The molecule has 0 unspecified atom stereocenters. The lowest BCUT2D eigenvalue weighted by atomic mass is 10.0. The van der Waals surface area contributed by atoms with Crippen LogP contribution < -0.4 is 21.1 Å². The second kappa shape index (κ2) is 10.3. The zero-order valence-corrected chi connectivity index (χ0v) is 18.4. The van der Waals surface area contributed by atoms with E-state index in [1.54, 1.807) is 25.7 Å². The monoisotopic (exact) mass is 436 g/mol. The third kappa shape index (κ3) is 7.25. The van der Waals surface area contributed by atoms with Crippen LogP contribution in [0.1, 0.15) is 39.7 Å². The maximum atomic E-state index is 12.5. The molecule has 1 heterocycles. The van der Waals surface area contributed by atoms with Gasteiger partial charge in [-0.05, 0) is 52.2 Å². The summed E-state index contributed by atoms with van der Waals surface area (Å²) in [5, 5.41) is 1.79. The summed E-state index contributed by atoms with van der Waals surface area (Å²) in [6.07, 6.45) is 1.06. The van der Waals surface area contributed by atoms with Gasteiger partial charge in [0.15, 0.2) is 0 Å². The fourth-order valence-electron chi connectivity index (χ4n) is 2.80. The number of aryl methyl sites for hydroxylation is 1. The minimum Gasteiger partial charge on any atom is -0.444 e. The minimum absolute atomic E-state index is 0.0538. The van der Waals surface area contributed by atoms with E-state index in [9.17, 15) is 19.2 Å². The molecule has 0 saturated carbocycles. The molecule has 164 valence electrons. The number of carbonyl (C=O) groups excluding carboxylic acids is 4. The molecule has 0 fully saturated rings. The third-order valence-electron chi connectivity index (χ3n) is 4.15. The minimum atomic E-state index is -0.920. The summed E-state index contributed by atoms with van der Waals surface area (Å²) in [6.45, 7) is 7.19. The number of rotatable bonds is 4. The van der Waals surface area contributed by atoms with Crippen LogP contribution in [0.15, 0.2) is 24.3 Å². The topological polar surface area (TPSA) is 117 Å². The van der Waals surface area contributed by atoms with Crippen molar-refractivity contribution in [2.45, 2.75) is 52.2 Å². The number of amides is 4. The molecule has 4 amide bonds. The number of hydrazine groups is 1. The Balaban J connectivity index is 1.74. The first-order valence-corrected chi connectivity index (χ1v) is 10.7. The lowest BCUT2D eigenvalue weighted by Crippen LogP contribution is -2.51. The van der Waals surface area contributed by atoms with E-state index in [0.717, 1.165) is 35.9 Å². The van der Waals surface area contributed by atoms with Crippen molar-refractivity contribution in [1.29, 1.82) is 0 Å². The lowest BCUT2D eigenvalue weighted by Gasteiger charge is -2.29. The van der Waals surface area contributed by atoms with Gasteiger partial charge in [-0.2, -0.15) is 0 Å². The zero-order chi connectivity index (χ0) is 22.3. The number of ether oxygens (including phenoxy) is 1. The highest BCUT2D eigenvalue weighted by Crippen LogP contribution is 2.27. The Hall–Kier alpha value is -2.75. The predicted octanol–water partition coefficient (Wildman–Crippen LogP) is 2.35. The van der Waals surface area contributed by atoms with Crippen LogP contribution >= 0.6 is 11.8 Å². The number of nitrogens with zero attached hydrogens (tertiary/aromatic N) is 1. The molecule has 9 nitrogen and oxygen atoms in total. The number of benzene rings is 1. The highest BCUT2D eigenvalue weighted by molar-refractivity contribution is 8.14. The largest absolute Gasteiger partial charge is 0.444 e. The van der Waals surface area contributed by atoms with E-state index in [0.29, 0.717) is 6.54 Å². The van der Waals surface area contributed by atoms with E-state index in [4.69, 9.17) is 4.74 Å². The summed E-state index contributed by atoms with van der Waals surface area (Å²) in [4.78, 5) is 49.8. The maximum Gasteiger partial charge on any atom is 0.408 e. The third-order valence-corrected chi connectivity index (χ3v) is 4.91. The Morgan fingerprint density at radius 2 is 1.87 bits per heavy atom. The number of alkyl carbamates (subject to hydrolysis) is 1. The molecule has 1 aromatic rings. The second-order valence-electron chi connectivity index (χ2n) is 7.84. The molecule has 3 N–H and O–H groups in total. The first-order chi connectivity index (χ1) is 14.1. The highest BCUT2D eigenvalue weighted by Gasteiger charge is 2.24. The lowest BCUT2D eigenvalue weighted by molar-refractivity contribution is -0.123. The van der Waals surface area contributed by atoms with Gasteiger partial charge in [-0.25, -0.2) is 4.79 Å². The van der Waals surface area contributed by atoms with Crippen LogP contribution in [0.4, 0.5) is 15.3 Å². The van der Waals surface area contributed by atoms with Gasteiger partial charge in [-0.3, -0.25) is 25.2 Å². The molecule has 0 bridgehead atoms. The maximum absolute atomic E-state index is 12.5. The average Bonchev–Trinajstić information content (AvgIpc) is 2.68. The van der Waals surface area contributed by atoms with Gasteiger partial charge >= 0.3 is 6.09 Å². The summed E-state index contributed by atoms with van der Waals surface area (Å²) in [7, 11) is 0. The number of fused-ring (bicyclic) bond motifs is 1. The SMILES string of the molecule is C[C@@H](NC(=O)OC(C)(C)C)C(=O)NNC(=O)SCC(=O)N1CCCc2ccccc21. The molecule has 0 radical (unpaired) electrons. The van der Waals surface area contributed by atoms with Gasteiger partial charge in [0.25, 0.3) is 11.1 Å². The number of carbonyl (C=O) groups is 4. The number of hydrogen-bond acceptors (Lipinski definition) is 6. The fraction of sp³-hybridized carbons (Fsp3) is 0.500. The van der Waals surface area contributed by atoms with Crippen LogP contribution in [0.5, 0.6) is 0 Å². The predicted molar refractivity (Wildman–Crippen MR) is 115 cm³/mol. The average molecular weight is 437 g/mol. The number of hydrogen-bond donors (Lipinski definition) is 3. The molecular formula is C20H28N4O5S. The van der Waals surface area contributed by atoms with Gasteiger partial charge in [-0.15, -0.1) is 0 Å².